The molecule has 0 radical (unpaired) electrons. The molecule has 1 aromatic heterocycles. The van der Waals surface area contributed by atoms with Crippen molar-refractivity contribution in [3.63, 3.8) is 0 Å². The van der Waals surface area contributed by atoms with Crippen molar-refractivity contribution in [1.82, 2.24) is 0 Å². The molecule has 5 nitrogen and oxygen atoms in total. The lowest BCUT2D eigenvalue weighted by molar-refractivity contribution is -0.110. The van der Waals surface area contributed by atoms with E-state index in [1.807, 2.05) is 42.5 Å². The Morgan fingerprint density at radius 2 is 1.55 bits per heavy atom. The number of benzene rings is 2. The number of carbonyl (C=O) groups is 1. The molecule has 158 valence electrons. The molecule has 3 rings (SSSR count). The van der Waals surface area contributed by atoms with Gasteiger partial charge in [-0.1, -0.05) is 24.3 Å². The van der Waals surface area contributed by atoms with E-state index in [0.717, 1.165) is 22.4 Å². The van der Waals surface area contributed by atoms with E-state index in [9.17, 15) is 4.79 Å². The smallest absolute Gasteiger partial charge is 0.178 e. The Bertz CT molecular complexity index is 1090. The number of allylic oxidation sites excluding steroid dienone is 2. The zero-order valence-electron chi connectivity index (χ0n) is 17.7. The summed E-state index contributed by atoms with van der Waals surface area (Å²) in [7, 11) is 4.82. The Hall–Kier alpha value is -3.99. The van der Waals surface area contributed by atoms with Crippen LogP contribution in [0.5, 0.6) is 17.2 Å². The van der Waals surface area contributed by atoms with Crippen molar-refractivity contribution in [1.29, 1.82) is 0 Å². The minimum Gasteiger partial charge on any atom is -0.497 e. The van der Waals surface area contributed by atoms with E-state index >= 15 is 0 Å². The number of ketones is 1. The van der Waals surface area contributed by atoms with Gasteiger partial charge in [-0.05, 0) is 65.8 Å². The summed E-state index contributed by atoms with van der Waals surface area (Å²) >= 11 is 0. The molecule has 0 fully saturated rings. The predicted octanol–water partition coefficient (Wildman–Crippen LogP) is 5.77. The van der Waals surface area contributed by atoms with Crippen molar-refractivity contribution < 1.29 is 23.4 Å². The summed E-state index contributed by atoms with van der Waals surface area (Å²) in [4.78, 5) is 12.3. The molecule has 0 atom stereocenters. The highest BCUT2D eigenvalue weighted by atomic mass is 16.5. The first-order chi connectivity index (χ1) is 15.1. The molecule has 0 saturated carbocycles. The van der Waals surface area contributed by atoms with Crippen LogP contribution in [0.25, 0.3) is 24.3 Å². The Balaban J connectivity index is 1.89. The van der Waals surface area contributed by atoms with Crippen molar-refractivity contribution in [3.05, 3.63) is 89.4 Å². The van der Waals surface area contributed by atoms with Gasteiger partial charge in [-0.25, -0.2) is 0 Å². The second-order valence-corrected chi connectivity index (χ2v) is 6.52. The van der Waals surface area contributed by atoms with Crippen molar-refractivity contribution in [2.45, 2.75) is 0 Å². The molecule has 0 spiro atoms. The van der Waals surface area contributed by atoms with E-state index in [4.69, 9.17) is 18.6 Å². The SMILES string of the molecule is COc1ccc(/C=C/c2cc(OC)cc(OC)c2/C=C/C(=O)/C=C/c2ccco2)cc1. The van der Waals surface area contributed by atoms with E-state index in [-0.39, 0.29) is 5.78 Å². The van der Waals surface area contributed by atoms with Crippen molar-refractivity contribution in [2.24, 2.45) is 0 Å². The number of rotatable bonds is 9. The van der Waals surface area contributed by atoms with Gasteiger partial charge in [0.05, 0.1) is 27.6 Å². The van der Waals surface area contributed by atoms with Crippen LogP contribution in [0, 0.1) is 0 Å². The fraction of sp³-hybridized carbons (Fsp3) is 0.115. The van der Waals surface area contributed by atoms with Gasteiger partial charge < -0.3 is 18.6 Å². The minimum absolute atomic E-state index is 0.167. The van der Waals surface area contributed by atoms with Crippen LogP contribution in [0.4, 0.5) is 0 Å². The Morgan fingerprint density at radius 1 is 0.806 bits per heavy atom. The molecule has 2 aromatic carbocycles. The molecular formula is C26H24O5. The van der Waals surface area contributed by atoms with Crippen molar-refractivity contribution in [2.75, 3.05) is 21.3 Å². The zero-order chi connectivity index (χ0) is 22.1. The standard InChI is InChI=1S/C26H24O5/c1-28-22-12-7-19(8-13-22)6-9-20-17-24(29-2)18-26(30-3)25(20)15-11-21(27)10-14-23-5-4-16-31-23/h4-18H,1-3H3/b9-6+,14-10+,15-11+. The molecule has 3 aromatic rings. The molecule has 0 bridgehead atoms. The van der Waals surface area contributed by atoms with Crippen LogP contribution in [-0.4, -0.2) is 27.1 Å². The summed E-state index contributed by atoms with van der Waals surface area (Å²) in [5, 5.41) is 0. The van der Waals surface area contributed by atoms with E-state index in [1.165, 1.54) is 12.2 Å². The maximum atomic E-state index is 12.3. The van der Waals surface area contributed by atoms with E-state index < -0.39 is 0 Å². The molecule has 0 aliphatic carbocycles. The third-order valence-corrected chi connectivity index (χ3v) is 4.54. The maximum absolute atomic E-state index is 12.3. The third kappa shape index (κ3) is 6.00. The van der Waals surface area contributed by atoms with Crippen LogP contribution >= 0.6 is 0 Å². The molecule has 5 heteroatoms. The average molecular weight is 416 g/mol. The van der Waals surface area contributed by atoms with Gasteiger partial charge >= 0.3 is 0 Å². The van der Waals surface area contributed by atoms with E-state index in [1.54, 1.807) is 57.9 Å². The van der Waals surface area contributed by atoms with Crippen LogP contribution in [0.2, 0.25) is 0 Å². The van der Waals surface area contributed by atoms with Crippen LogP contribution in [0.3, 0.4) is 0 Å². The monoisotopic (exact) mass is 416 g/mol. The number of hydrogen-bond donors (Lipinski definition) is 0. The molecule has 31 heavy (non-hydrogen) atoms. The molecule has 0 saturated heterocycles. The molecule has 0 amide bonds. The first-order valence-corrected chi connectivity index (χ1v) is 9.64. The lowest BCUT2D eigenvalue weighted by Gasteiger charge is -2.11. The number of ether oxygens (including phenoxy) is 3. The van der Waals surface area contributed by atoms with Crippen molar-refractivity contribution in [3.8, 4) is 17.2 Å². The van der Waals surface area contributed by atoms with Gasteiger partial charge in [0, 0.05) is 11.6 Å². The topological polar surface area (TPSA) is 57.9 Å². The zero-order valence-corrected chi connectivity index (χ0v) is 17.7. The second kappa shape index (κ2) is 10.7. The van der Waals surface area contributed by atoms with Gasteiger partial charge in [0.25, 0.3) is 0 Å². The largest absolute Gasteiger partial charge is 0.497 e. The molecule has 0 N–H and O–H groups in total. The summed E-state index contributed by atoms with van der Waals surface area (Å²) in [6, 6.07) is 15.0. The Morgan fingerprint density at radius 3 is 2.19 bits per heavy atom. The number of furan rings is 1. The molecule has 0 aliphatic rings. The van der Waals surface area contributed by atoms with Gasteiger partial charge in [-0.2, -0.15) is 0 Å². The predicted molar refractivity (Wildman–Crippen MR) is 123 cm³/mol. The summed E-state index contributed by atoms with van der Waals surface area (Å²) in [6.45, 7) is 0. The second-order valence-electron chi connectivity index (χ2n) is 6.52. The fourth-order valence-electron chi connectivity index (χ4n) is 2.90. The highest BCUT2D eigenvalue weighted by Gasteiger charge is 2.09. The summed E-state index contributed by atoms with van der Waals surface area (Å²) < 4.78 is 21.3. The fourth-order valence-corrected chi connectivity index (χ4v) is 2.90. The highest BCUT2D eigenvalue weighted by Crippen LogP contribution is 2.31. The summed E-state index contributed by atoms with van der Waals surface area (Å²) in [6.07, 6.45) is 11.8. The maximum Gasteiger partial charge on any atom is 0.178 e. The normalized spacial score (nSPS) is 11.5. The van der Waals surface area contributed by atoms with Gasteiger partial charge in [0.1, 0.15) is 23.0 Å². The first-order valence-electron chi connectivity index (χ1n) is 9.64. The lowest BCUT2D eigenvalue weighted by atomic mass is 10.0. The quantitative estimate of drug-likeness (QED) is 0.327. The molecule has 0 aliphatic heterocycles. The molecule has 1 heterocycles. The van der Waals surface area contributed by atoms with Crippen LogP contribution < -0.4 is 14.2 Å². The van der Waals surface area contributed by atoms with Gasteiger partial charge in [0.15, 0.2) is 5.78 Å². The van der Waals surface area contributed by atoms with Crippen molar-refractivity contribution >= 4 is 30.1 Å². The molecule has 0 unspecified atom stereocenters. The van der Waals surface area contributed by atoms with Crippen LogP contribution in [-0.2, 0) is 4.79 Å². The molecular weight excluding hydrogens is 392 g/mol. The third-order valence-electron chi connectivity index (χ3n) is 4.54. The minimum atomic E-state index is -0.167. The van der Waals surface area contributed by atoms with Gasteiger partial charge in [-0.3, -0.25) is 4.79 Å². The Labute approximate surface area is 181 Å². The van der Waals surface area contributed by atoms with E-state index in [0.29, 0.717) is 17.3 Å². The van der Waals surface area contributed by atoms with Gasteiger partial charge in [-0.15, -0.1) is 0 Å². The summed E-state index contributed by atoms with van der Waals surface area (Å²) in [5.41, 5.74) is 2.63. The van der Waals surface area contributed by atoms with Gasteiger partial charge in [0.2, 0.25) is 0 Å². The Kier molecular flexibility index (Phi) is 7.49. The van der Waals surface area contributed by atoms with Crippen LogP contribution in [0.15, 0.2) is 71.4 Å². The average Bonchev–Trinajstić information content (AvgIpc) is 3.33. The van der Waals surface area contributed by atoms with Crippen LogP contribution in [0.1, 0.15) is 22.5 Å². The summed E-state index contributed by atoms with van der Waals surface area (Å²) in [5.74, 6) is 2.51. The van der Waals surface area contributed by atoms with E-state index in [2.05, 4.69) is 0 Å². The first kappa shape index (κ1) is 21.7. The number of hydrogen-bond acceptors (Lipinski definition) is 5. The number of methoxy groups -OCH3 is 3. The lowest BCUT2D eigenvalue weighted by Crippen LogP contribution is -1.94. The highest BCUT2D eigenvalue weighted by molar-refractivity contribution is 6.04. The number of carbonyl (C=O) groups excluding carboxylic acids is 1.